The Morgan fingerprint density at radius 3 is 2.50 bits per heavy atom. The number of benzene rings is 1. The van der Waals surface area contributed by atoms with Crippen LogP contribution in [-0.2, 0) is 0 Å². The van der Waals surface area contributed by atoms with Crippen LogP contribution in [0.15, 0.2) is 18.2 Å². The fourth-order valence-electron chi connectivity index (χ4n) is 1.39. The van der Waals surface area contributed by atoms with E-state index in [9.17, 15) is 4.79 Å². The molecule has 0 aliphatic heterocycles. The van der Waals surface area contributed by atoms with E-state index in [4.69, 9.17) is 11.5 Å². The molecule has 18 heavy (non-hydrogen) atoms. The van der Waals surface area contributed by atoms with Crippen LogP contribution in [0.2, 0.25) is 0 Å². The van der Waals surface area contributed by atoms with Gasteiger partial charge in [0.1, 0.15) is 0 Å². The first kappa shape index (κ1) is 14.4. The smallest absolute Gasteiger partial charge is 0.248 e. The molecule has 1 aromatic carbocycles. The molecule has 100 valence electrons. The molecule has 0 heterocycles. The highest BCUT2D eigenvalue weighted by molar-refractivity contribution is 5.94. The lowest BCUT2D eigenvalue weighted by Crippen LogP contribution is -2.28. The third-order valence-corrected chi connectivity index (χ3v) is 3.64. The van der Waals surface area contributed by atoms with Crippen LogP contribution in [0.1, 0.15) is 38.1 Å². The number of nitrogens with two attached hydrogens (primary N) is 2. The van der Waals surface area contributed by atoms with E-state index in [1.54, 1.807) is 18.2 Å². The topological polar surface area (TPSA) is 81.1 Å². The number of primary amides is 1. The van der Waals surface area contributed by atoms with Crippen LogP contribution in [0, 0.1) is 11.3 Å². The maximum Gasteiger partial charge on any atom is 0.248 e. The lowest BCUT2D eigenvalue weighted by molar-refractivity contribution is 0.100. The Kier molecular flexibility index (Phi) is 4.22. The van der Waals surface area contributed by atoms with E-state index in [2.05, 4.69) is 33.0 Å². The molecule has 0 aliphatic rings. The van der Waals surface area contributed by atoms with Crippen LogP contribution in [0.5, 0.6) is 0 Å². The molecule has 0 fully saturated rings. The molecule has 0 saturated carbocycles. The second kappa shape index (κ2) is 5.29. The second-order valence-electron chi connectivity index (χ2n) is 5.66. The molecule has 0 aromatic heterocycles. The van der Waals surface area contributed by atoms with E-state index in [1.165, 1.54) is 0 Å². The van der Waals surface area contributed by atoms with E-state index in [0.717, 1.165) is 12.2 Å². The van der Waals surface area contributed by atoms with Crippen LogP contribution >= 0.6 is 0 Å². The highest BCUT2D eigenvalue weighted by atomic mass is 16.1. The van der Waals surface area contributed by atoms with Gasteiger partial charge in [-0.1, -0.05) is 27.7 Å². The number of anilines is 2. The van der Waals surface area contributed by atoms with Crippen molar-refractivity contribution in [2.24, 2.45) is 17.1 Å². The Bertz CT molecular complexity index is 439. The summed E-state index contributed by atoms with van der Waals surface area (Å²) in [7, 11) is 0. The highest BCUT2D eigenvalue weighted by Gasteiger charge is 2.22. The average molecular weight is 249 g/mol. The van der Waals surface area contributed by atoms with Gasteiger partial charge in [-0.15, -0.1) is 0 Å². The van der Waals surface area contributed by atoms with Gasteiger partial charge in [0, 0.05) is 12.1 Å². The minimum atomic E-state index is -0.443. The van der Waals surface area contributed by atoms with E-state index in [1.807, 2.05) is 0 Å². The molecule has 1 amide bonds. The molecular formula is C14H23N3O. The molecule has 1 rings (SSSR count). The van der Waals surface area contributed by atoms with Crippen molar-refractivity contribution in [3.63, 3.8) is 0 Å². The lowest BCUT2D eigenvalue weighted by Gasteiger charge is -2.30. The first-order valence-electron chi connectivity index (χ1n) is 6.17. The molecule has 0 atom stereocenters. The zero-order chi connectivity index (χ0) is 13.9. The van der Waals surface area contributed by atoms with Crippen molar-refractivity contribution in [2.45, 2.75) is 27.7 Å². The number of amides is 1. The molecule has 5 N–H and O–H groups in total. The Balaban J connectivity index is 2.85. The summed E-state index contributed by atoms with van der Waals surface area (Å²) >= 11 is 0. The van der Waals surface area contributed by atoms with Gasteiger partial charge in [0.05, 0.1) is 11.4 Å². The van der Waals surface area contributed by atoms with Crippen molar-refractivity contribution >= 4 is 17.3 Å². The van der Waals surface area contributed by atoms with Crippen LogP contribution < -0.4 is 16.8 Å². The van der Waals surface area contributed by atoms with E-state index < -0.39 is 5.91 Å². The molecule has 0 spiro atoms. The van der Waals surface area contributed by atoms with Crippen molar-refractivity contribution in [3.05, 3.63) is 23.8 Å². The molecule has 1 aromatic rings. The van der Waals surface area contributed by atoms with Gasteiger partial charge in [0.2, 0.25) is 5.91 Å². The minimum absolute atomic E-state index is 0.148. The molecule has 4 heteroatoms. The predicted molar refractivity (Wildman–Crippen MR) is 76.5 cm³/mol. The van der Waals surface area contributed by atoms with Crippen molar-refractivity contribution in [1.82, 2.24) is 0 Å². The second-order valence-corrected chi connectivity index (χ2v) is 5.66. The monoisotopic (exact) mass is 249 g/mol. The molecule has 0 saturated heterocycles. The van der Waals surface area contributed by atoms with Crippen molar-refractivity contribution in [2.75, 3.05) is 17.6 Å². The quantitative estimate of drug-likeness (QED) is 0.701. The van der Waals surface area contributed by atoms with Gasteiger partial charge in [0.15, 0.2) is 0 Å². The molecule has 0 unspecified atom stereocenters. The predicted octanol–water partition coefficient (Wildman–Crippen LogP) is 2.46. The minimum Gasteiger partial charge on any atom is -0.397 e. The van der Waals surface area contributed by atoms with Gasteiger partial charge in [0.25, 0.3) is 0 Å². The molecule has 4 nitrogen and oxygen atoms in total. The number of carbonyl (C=O) groups excluding carboxylic acids is 1. The van der Waals surface area contributed by atoms with E-state index in [0.29, 0.717) is 17.2 Å². The lowest BCUT2D eigenvalue weighted by atomic mass is 9.81. The summed E-state index contributed by atoms with van der Waals surface area (Å²) in [5.74, 6) is 0.103. The van der Waals surface area contributed by atoms with Crippen molar-refractivity contribution < 1.29 is 4.79 Å². The van der Waals surface area contributed by atoms with Crippen LogP contribution in [-0.4, -0.2) is 12.5 Å². The first-order valence-corrected chi connectivity index (χ1v) is 6.17. The zero-order valence-electron chi connectivity index (χ0n) is 11.6. The van der Waals surface area contributed by atoms with Crippen molar-refractivity contribution in [1.29, 1.82) is 0 Å². The Morgan fingerprint density at radius 1 is 1.39 bits per heavy atom. The fraction of sp³-hybridized carbons (Fsp3) is 0.500. The van der Waals surface area contributed by atoms with Gasteiger partial charge in [-0.2, -0.15) is 0 Å². The number of nitrogen functional groups attached to an aromatic ring is 1. The zero-order valence-corrected chi connectivity index (χ0v) is 11.6. The molecule has 0 bridgehead atoms. The van der Waals surface area contributed by atoms with Gasteiger partial charge >= 0.3 is 0 Å². The number of hydrogen-bond donors (Lipinski definition) is 3. The highest BCUT2D eigenvalue weighted by Crippen LogP contribution is 2.28. The number of hydrogen-bond acceptors (Lipinski definition) is 3. The Morgan fingerprint density at radius 2 is 2.00 bits per heavy atom. The first-order chi connectivity index (χ1) is 8.24. The summed E-state index contributed by atoms with van der Waals surface area (Å²) in [6.45, 7) is 9.55. The fourth-order valence-corrected chi connectivity index (χ4v) is 1.39. The summed E-state index contributed by atoms with van der Waals surface area (Å²) < 4.78 is 0. The Labute approximate surface area is 109 Å². The number of nitrogens with one attached hydrogen (secondary N) is 1. The Hall–Kier alpha value is -1.71. The largest absolute Gasteiger partial charge is 0.397 e. The summed E-state index contributed by atoms with van der Waals surface area (Å²) in [6, 6.07) is 5.04. The molecule has 0 aliphatic carbocycles. The van der Waals surface area contributed by atoms with Crippen LogP contribution in [0.25, 0.3) is 0 Å². The normalized spacial score (nSPS) is 11.6. The number of carbonyl (C=O) groups is 1. The van der Waals surface area contributed by atoms with Gasteiger partial charge in [-0.25, -0.2) is 0 Å². The summed E-state index contributed by atoms with van der Waals surface area (Å²) in [4.78, 5) is 11.1. The van der Waals surface area contributed by atoms with E-state index >= 15 is 0 Å². The third-order valence-electron chi connectivity index (χ3n) is 3.64. The van der Waals surface area contributed by atoms with Crippen LogP contribution in [0.4, 0.5) is 11.4 Å². The maximum atomic E-state index is 11.1. The summed E-state index contributed by atoms with van der Waals surface area (Å²) in [5, 5.41) is 3.30. The van der Waals surface area contributed by atoms with Crippen molar-refractivity contribution in [3.8, 4) is 0 Å². The number of rotatable bonds is 5. The molecular weight excluding hydrogens is 226 g/mol. The van der Waals surface area contributed by atoms with Gasteiger partial charge < -0.3 is 16.8 Å². The summed E-state index contributed by atoms with van der Waals surface area (Å²) in [5.41, 5.74) is 13.1. The average Bonchev–Trinajstić information content (AvgIpc) is 2.27. The van der Waals surface area contributed by atoms with Gasteiger partial charge in [-0.05, 0) is 29.5 Å². The van der Waals surface area contributed by atoms with E-state index in [-0.39, 0.29) is 5.41 Å². The summed E-state index contributed by atoms with van der Waals surface area (Å²) in [6.07, 6.45) is 0. The molecule has 0 radical (unpaired) electrons. The maximum absolute atomic E-state index is 11.1. The SMILES string of the molecule is CC(C)C(C)(C)CNc1cc(C(N)=O)ccc1N. The third kappa shape index (κ3) is 3.39. The standard InChI is InChI=1S/C14H23N3O/c1-9(2)14(3,4)8-17-12-7-10(13(16)18)5-6-11(12)15/h5-7,9,17H,8,15H2,1-4H3,(H2,16,18). The van der Waals surface area contributed by atoms with Crippen LogP contribution in [0.3, 0.4) is 0 Å². The van der Waals surface area contributed by atoms with Gasteiger partial charge in [-0.3, -0.25) is 4.79 Å².